The zero-order valence-electron chi connectivity index (χ0n) is 12.1. The van der Waals surface area contributed by atoms with Crippen molar-refractivity contribution in [2.24, 2.45) is 0 Å². The number of carbonyl (C=O) groups is 1. The largest absolute Gasteiger partial charge is 0.467 e. The van der Waals surface area contributed by atoms with E-state index < -0.39 is 0 Å². The summed E-state index contributed by atoms with van der Waals surface area (Å²) in [6, 6.07) is 10.0. The van der Waals surface area contributed by atoms with E-state index in [0.717, 1.165) is 24.2 Å². The Morgan fingerprint density at radius 1 is 1.29 bits per heavy atom. The summed E-state index contributed by atoms with van der Waals surface area (Å²) in [5, 5.41) is 2.85. The Morgan fingerprint density at radius 2 is 2.05 bits per heavy atom. The number of halogens is 1. The van der Waals surface area contributed by atoms with Crippen molar-refractivity contribution in [2.75, 3.05) is 0 Å². The van der Waals surface area contributed by atoms with Crippen LogP contribution in [-0.4, -0.2) is 5.91 Å². The Balaban J connectivity index is 1.92. The highest BCUT2D eigenvalue weighted by Gasteiger charge is 2.15. The summed E-state index contributed by atoms with van der Waals surface area (Å²) < 4.78 is 18.2. The van der Waals surface area contributed by atoms with Gasteiger partial charge in [0.1, 0.15) is 11.6 Å². The second-order valence-electron chi connectivity index (χ2n) is 5.10. The lowest BCUT2D eigenvalue weighted by molar-refractivity contribution is -0.121. The highest BCUT2D eigenvalue weighted by molar-refractivity contribution is 5.76. The van der Waals surface area contributed by atoms with E-state index in [1.54, 1.807) is 24.5 Å². The van der Waals surface area contributed by atoms with E-state index >= 15 is 0 Å². The third kappa shape index (κ3) is 4.74. The van der Waals surface area contributed by atoms with E-state index in [9.17, 15) is 9.18 Å². The number of hydrogen-bond donors (Lipinski definition) is 1. The first-order valence-electron chi connectivity index (χ1n) is 7.23. The molecule has 0 bridgehead atoms. The number of rotatable bonds is 7. The Bertz CT molecular complexity index is 549. The van der Waals surface area contributed by atoms with Gasteiger partial charge in [-0.1, -0.05) is 25.5 Å². The fourth-order valence-electron chi connectivity index (χ4n) is 2.36. The maximum Gasteiger partial charge on any atom is 0.220 e. The van der Waals surface area contributed by atoms with Crippen molar-refractivity contribution in [1.82, 2.24) is 5.32 Å². The van der Waals surface area contributed by atoms with Crippen LogP contribution >= 0.6 is 0 Å². The molecule has 1 N–H and O–H groups in total. The van der Waals surface area contributed by atoms with Gasteiger partial charge in [0.2, 0.25) is 5.91 Å². The molecule has 4 heteroatoms. The molecule has 112 valence electrons. The minimum atomic E-state index is -0.253. The van der Waals surface area contributed by atoms with Gasteiger partial charge >= 0.3 is 0 Å². The summed E-state index contributed by atoms with van der Waals surface area (Å²) in [7, 11) is 0. The van der Waals surface area contributed by atoms with Crippen LogP contribution in [0.25, 0.3) is 0 Å². The van der Waals surface area contributed by atoms with Gasteiger partial charge in [0.05, 0.1) is 12.8 Å². The number of hydrogen-bond acceptors (Lipinski definition) is 2. The molecular formula is C17H20FNO2. The molecule has 1 aromatic carbocycles. The number of carbonyl (C=O) groups excluding carboxylic acids is 1. The van der Waals surface area contributed by atoms with Crippen molar-refractivity contribution in [3.05, 3.63) is 59.8 Å². The van der Waals surface area contributed by atoms with E-state index in [1.165, 1.54) is 12.1 Å². The van der Waals surface area contributed by atoms with Crippen LogP contribution in [0.1, 0.15) is 43.4 Å². The zero-order chi connectivity index (χ0) is 15.1. The van der Waals surface area contributed by atoms with Crippen molar-refractivity contribution in [1.29, 1.82) is 0 Å². The Labute approximate surface area is 124 Å². The molecule has 2 aromatic rings. The molecule has 21 heavy (non-hydrogen) atoms. The Morgan fingerprint density at radius 3 is 2.67 bits per heavy atom. The molecule has 1 amide bonds. The predicted molar refractivity (Wildman–Crippen MR) is 79.2 cm³/mol. The van der Waals surface area contributed by atoms with Crippen molar-refractivity contribution in [3.8, 4) is 0 Å². The third-order valence-electron chi connectivity index (χ3n) is 3.45. The van der Waals surface area contributed by atoms with Crippen LogP contribution in [0.3, 0.4) is 0 Å². The van der Waals surface area contributed by atoms with E-state index in [2.05, 4.69) is 12.2 Å². The second kappa shape index (κ2) is 7.62. The minimum absolute atomic E-state index is 0.0193. The van der Waals surface area contributed by atoms with Gasteiger partial charge in [0.15, 0.2) is 0 Å². The van der Waals surface area contributed by atoms with Crippen LogP contribution in [-0.2, 0) is 11.3 Å². The predicted octanol–water partition coefficient (Wildman–Crippen LogP) is 4.01. The zero-order valence-corrected chi connectivity index (χ0v) is 12.1. The maximum absolute atomic E-state index is 13.0. The molecule has 0 saturated carbocycles. The fraction of sp³-hybridized carbons (Fsp3) is 0.353. The van der Waals surface area contributed by atoms with Gasteiger partial charge in [-0.25, -0.2) is 4.39 Å². The maximum atomic E-state index is 13.0. The molecule has 0 spiro atoms. The molecular weight excluding hydrogens is 269 g/mol. The van der Waals surface area contributed by atoms with Crippen molar-refractivity contribution in [2.45, 2.75) is 38.6 Å². The highest BCUT2D eigenvalue weighted by Crippen LogP contribution is 2.25. The first kappa shape index (κ1) is 15.3. The smallest absolute Gasteiger partial charge is 0.220 e. The van der Waals surface area contributed by atoms with E-state index in [-0.39, 0.29) is 17.6 Å². The SMILES string of the molecule is CCCC(CC(=O)NCc1ccco1)c1ccc(F)cc1. The van der Waals surface area contributed by atoms with E-state index in [0.29, 0.717) is 13.0 Å². The van der Waals surface area contributed by atoms with Gasteiger partial charge in [-0.3, -0.25) is 4.79 Å². The number of nitrogens with one attached hydrogen (secondary N) is 1. The average Bonchev–Trinajstić information content (AvgIpc) is 2.99. The molecule has 0 aliphatic carbocycles. The molecule has 0 radical (unpaired) electrons. The average molecular weight is 289 g/mol. The lowest BCUT2D eigenvalue weighted by atomic mass is 9.91. The topological polar surface area (TPSA) is 42.2 Å². The summed E-state index contributed by atoms with van der Waals surface area (Å²) in [5.74, 6) is 0.579. The molecule has 0 aliphatic heterocycles. The molecule has 1 unspecified atom stereocenters. The minimum Gasteiger partial charge on any atom is -0.467 e. The summed E-state index contributed by atoms with van der Waals surface area (Å²) in [4.78, 5) is 12.0. The van der Waals surface area contributed by atoms with Crippen LogP contribution < -0.4 is 5.32 Å². The van der Waals surface area contributed by atoms with Crippen molar-refractivity contribution < 1.29 is 13.6 Å². The van der Waals surface area contributed by atoms with Gasteiger partial charge in [0.25, 0.3) is 0 Å². The Kier molecular flexibility index (Phi) is 5.55. The first-order valence-corrected chi connectivity index (χ1v) is 7.23. The van der Waals surface area contributed by atoms with E-state index in [4.69, 9.17) is 4.42 Å². The second-order valence-corrected chi connectivity index (χ2v) is 5.10. The summed E-state index contributed by atoms with van der Waals surface area (Å²) in [6.07, 6.45) is 3.87. The quantitative estimate of drug-likeness (QED) is 0.837. The van der Waals surface area contributed by atoms with Gasteiger partial charge in [-0.15, -0.1) is 0 Å². The molecule has 2 rings (SSSR count). The van der Waals surface area contributed by atoms with Gasteiger partial charge in [0, 0.05) is 6.42 Å². The van der Waals surface area contributed by atoms with Crippen LogP contribution in [0, 0.1) is 5.82 Å². The fourth-order valence-corrected chi connectivity index (χ4v) is 2.36. The normalized spacial score (nSPS) is 12.1. The lowest BCUT2D eigenvalue weighted by Crippen LogP contribution is -2.24. The van der Waals surface area contributed by atoms with Crippen molar-refractivity contribution >= 4 is 5.91 Å². The van der Waals surface area contributed by atoms with Gasteiger partial charge in [-0.2, -0.15) is 0 Å². The first-order chi connectivity index (χ1) is 10.2. The standard InChI is InChI=1S/C17H20FNO2/c1-2-4-14(13-6-8-15(18)9-7-13)11-17(20)19-12-16-5-3-10-21-16/h3,5-10,14H,2,4,11-12H2,1H3,(H,19,20). The summed E-state index contributed by atoms with van der Waals surface area (Å²) in [5.41, 5.74) is 1.01. The number of benzene rings is 1. The molecule has 1 aromatic heterocycles. The molecule has 1 heterocycles. The molecule has 3 nitrogen and oxygen atoms in total. The number of furan rings is 1. The van der Waals surface area contributed by atoms with Crippen molar-refractivity contribution in [3.63, 3.8) is 0 Å². The van der Waals surface area contributed by atoms with Crippen LogP contribution in [0.5, 0.6) is 0 Å². The highest BCUT2D eigenvalue weighted by atomic mass is 19.1. The van der Waals surface area contributed by atoms with Gasteiger partial charge in [-0.05, 0) is 42.2 Å². The monoisotopic (exact) mass is 289 g/mol. The van der Waals surface area contributed by atoms with Crippen LogP contribution in [0.4, 0.5) is 4.39 Å². The third-order valence-corrected chi connectivity index (χ3v) is 3.45. The summed E-state index contributed by atoms with van der Waals surface area (Å²) in [6.45, 7) is 2.48. The van der Waals surface area contributed by atoms with E-state index in [1.807, 2.05) is 6.07 Å². The summed E-state index contributed by atoms with van der Waals surface area (Å²) >= 11 is 0. The van der Waals surface area contributed by atoms with Gasteiger partial charge < -0.3 is 9.73 Å². The molecule has 1 atom stereocenters. The van der Waals surface area contributed by atoms with Crippen LogP contribution in [0.15, 0.2) is 47.1 Å². The molecule has 0 aliphatic rings. The number of amides is 1. The van der Waals surface area contributed by atoms with Crippen LogP contribution in [0.2, 0.25) is 0 Å². The molecule has 0 saturated heterocycles. The molecule has 0 fully saturated rings. The Hall–Kier alpha value is -2.10. The lowest BCUT2D eigenvalue weighted by Gasteiger charge is -2.16.